The van der Waals surface area contributed by atoms with Crippen molar-refractivity contribution in [1.29, 1.82) is 0 Å². The molecule has 0 heterocycles. The molecule has 0 aromatic carbocycles. The van der Waals surface area contributed by atoms with Crippen molar-refractivity contribution < 1.29 is 9.53 Å². The molecule has 0 saturated carbocycles. The van der Waals surface area contributed by atoms with Crippen molar-refractivity contribution in [2.75, 3.05) is 0 Å². The second-order valence-corrected chi connectivity index (χ2v) is 8.96. The minimum Gasteiger partial charge on any atom is -0.459 e. The van der Waals surface area contributed by atoms with Crippen LogP contribution >= 0.6 is 0 Å². The molecule has 2 heteroatoms. The maximum absolute atomic E-state index is 11.6. The molecule has 28 heavy (non-hydrogen) atoms. The van der Waals surface area contributed by atoms with Gasteiger partial charge in [-0.1, -0.05) is 123 Å². The summed E-state index contributed by atoms with van der Waals surface area (Å²) in [6.45, 7) is 11.8. The molecule has 2 atom stereocenters. The third-order valence-corrected chi connectivity index (χ3v) is 5.96. The van der Waals surface area contributed by atoms with Crippen LogP contribution in [0.1, 0.15) is 137 Å². The van der Waals surface area contributed by atoms with Gasteiger partial charge in [-0.2, -0.15) is 0 Å². The van der Waals surface area contributed by atoms with Crippen molar-refractivity contribution in [3.63, 3.8) is 0 Å². The molecule has 0 aliphatic carbocycles. The van der Waals surface area contributed by atoms with Crippen LogP contribution in [0.2, 0.25) is 0 Å². The van der Waals surface area contributed by atoms with Gasteiger partial charge in [-0.15, -0.1) is 0 Å². The maximum Gasteiger partial charge on any atom is 0.333 e. The van der Waals surface area contributed by atoms with E-state index in [4.69, 9.17) is 4.74 Å². The number of ether oxygens (including phenoxy) is 1. The fraction of sp³-hybridized carbons (Fsp3) is 0.885. The molecule has 0 rings (SSSR count). The molecular weight excluding hydrogens is 344 g/mol. The highest BCUT2D eigenvalue weighted by Gasteiger charge is 2.16. The molecule has 2 nitrogen and oxygen atoms in total. The van der Waals surface area contributed by atoms with E-state index >= 15 is 0 Å². The zero-order valence-electron chi connectivity index (χ0n) is 19.7. The van der Waals surface area contributed by atoms with Gasteiger partial charge >= 0.3 is 5.97 Å². The van der Waals surface area contributed by atoms with Crippen LogP contribution in [0, 0.1) is 5.92 Å². The van der Waals surface area contributed by atoms with Gasteiger partial charge in [0.05, 0.1) is 0 Å². The average Bonchev–Trinajstić information content (AvgIpc) is 2.67. The Morgan fingerprint density at radius 2 is 1.07 bits per heavy atom. The largest absolute Gasteiger partial charge is 0.459 e. The molecule has 0 aromatic rings. The Kier molecular flexibility index (Phi) is 19.0. The summed E-state index contributed by atoms with van der Waals surface area (Å²) in [5, 5.41) is 0. The summed E-state index contributed by atoms with van der Waals surface area (Å²) in [6.07, 6.45) is 23.6. The third-order valence-electron chi connectivity index (χ3n) is 5.96. The molecule has 0 saturated heterocycles. The lowest BCUT2D eigenvalue weighted by molar-refractivity contribution is -0.145. The first kappa shape index (κ1) is 27.2. The summed E-state index contributed by atoms with van der Waals surface area (Å²) in [5.74, 6) is 0.168. The Balaban J connectivity index is 3.31. The molecular formula is C26H50O2. The van der Waals surface area contributed by atoms with Crippen molar-refractivity contribution in [3.05, 3.63) is 12.2 Å². The predicted molar refractivity (Wildman–Crippen MR) is 124 cm³/mol. The van der Waals surface area contributed by atoms with Crippen LogP contribution in [0.3, 0.4) is 0 Å². The van der Waals surface area contributed by atoms with Crippen molar-refractivity contribution in [2.24, 2.45) is 5.92 Å². The molecule has 0 spiro atoms. The normalized spacial score (nSPS) is 13.3. The number of rotatable bonds is 20. The number of esters is 1. The van der Waals surface area contributed by atoms with Gasteiger partial charge in [0.25, 0.3) is 0 Å². The van der Waals surface area contributed by atoms with Crippen molar-refractivity contribution in [3.8, 4) is 0 Å². The first-order valence-electron chi connectivity index (χ1n) is 12.4. The van der Waals surface area contributed by atoms with Crippen LogP contribution in [0.15, 0.2) is 12.2 Å². The summed E-state index contributed by atoms with van der Waals surface area (Å²) in [6, 6.07) is 0. The van der Waals surface area contributed by atoms with E-state index in [0.717, 1.165) is 6.42 Å². The summed E-state index contributed by atoms with van der Waals surface area (Å²) in [5.41, 5.74) is 0.487. The highest BCUT2D eigenvalue weighted by atomic mass is 16.5. The Morgan fingerprint density at radius 1 is 0.714 bits per heavy atom. The first-order valence-corrected chi connectivity index (χ1v) is 12.4. The number of carbonyl (C=O) groups is 1. The lowest BCUT2D eigenvalue weighted by atomic mass is 9.97. The Labute approximate surface area is 176 Å². The summed E-state index contributed by atoms with van der Waals surface area (Å²) in [4.78, 5) is 11.6. The van der Waals surface area contributed by atoms with E-state index in [1.54, 1.807) is 6.92 Å². The second kappa shape index (κ2) is 19.5. The molecule has 0 bridgehead atoms. The van der Waals surface area contributed by atoms with Crippen molar-refractivity contribution >= 4 is 5.97 Å². The van der Waals surface area contributed by atoms with E-state index < -0.39 is 0 Å². The smallest absolute Gasteiger partial charge is 0.333 e. The maximum atomic E-state index is 11.6. The van der Waals surface area contributed by atoms with Crippen molar-refractivity contribution in [2.45, 2.75) is 143 Å². The van der Waals surface area contributed by atoms with Crippen LogP contribution in [0.5, 0.6) is 0 Å². The van der Waals surface area contributed by atoms with Gasteiger partial charge in [-0.25, -0.2) is 4.79 Å². The standard InChI is InChI=1S/C26H50O2/c1-6-7-8-9-10-11-12-13-14-15-16-17-18-19-20-21-22-24(4)25(5)28-26(27)23(2)3/h24-25H,2,6-22H2,1,3-5H3. The van der Waals surface area contributed by atoms with E-state index in [-0.39, 0.29) is 12.1 Å². The van der Waals surface area contributed by atoms with Crippen molar-refractivity contribution in [1.82, 2.24) is 0 Å². The summed E-state index contributed by atoms with van der Waals surface area (Å²) in [7, 11) is 0. The molecule has 0 N–H and O–H groups in total. The van der Waals surface area contributed by atoms with Crippen LogP contribution in [-0.2, 0) is 9.53 Å². The number of hydrogen-bond acceptors (Lipinski definition) is 2. The van der Waals surface area contributed by atoms with E-state index in [1.165, 1.54) is 103 Å². The van der Waals surface area contributed by atoms with Crippen LogP contribution in [0.25, 0.3) is 0 Å². The number of carbonyl (C=O) groups excluding carboxylic acids is 1. The van der Waals surface area contributed by atoms with Gasteiger partial charge < -0.3 is 4.74 Å². The fourth-order valence-electron chi connectivity index (χ4n) is 3.63. The van der Waals surface area contributed by atoms with Gasteiger partial charge in [0.1, 0.15) is 6.10 Å². The minimum atomic E-state index is -0.258. The van der Waals surface area contributed by atoms with E-state index in [2.05, 4.69) is 20.4 Å². The zero-order valence-corrected chi connectivity index (χ0v) is 19.7. The second-order valence-electron chi connectivity index (χ2n) is 8.96. The van der Waals surface area contributed by atoms with Gasteiger partial charge in [0.2, 0.25) is 0 Å². The molecule has 0 radical (unpaired) electrons. The van der Waals surface area contributed by atoms with E-state index in [0.29, 0.717) is 11.5 Å². The molecule has 2 unspecified atom stereocenters. The Morgan fingerprint density at radius 3 is 1.43 bits per heavy atom. The first-order chi connectivity index (χ1) is 13.5. The molecule has 0 aromatic heterocycles. The van der Waals surface area contributed by atoms with Crippen LogP contribution < -0.4 is 0 Å². The van der Waals surface area contributed by atoms with Gasteiger partial charge in [-0.3, -0.25) is 0 Å². The molecule has 0 aliphatic rings. The van der Waals surface area contributed by atoms with Gasteiger partial charge in [0.15, 0.2) is 0 Å². The van der Waals surface area contributed by atoms with Crippen LogP contribution in [0.4, 0.5) is 0 Å². The topological polar surface area (TPSA) is 26.3 Å². The van der Waals surface area contributed by atoms with Gasteiger partial charge in [-0.05, 0) is 26.2 Å². The lowest BCUT2D eigenvalue weighted by Crippen LogP contribution is -2.22. The van der Waals surface area contributed by atoms with Gasteiger partial charge in [0, 0.05) is 5.57 Å². The quantitative estimate of drug-likeness (QED) is 0.117. The average molecular weight is 395 g/mol. The molecule has 166 valence electrons. The Bertz CT molecular complexity index is 375. The number of unbranched alkanes of at least 4 members (excludes halogenated alkanes) is 15. The van der Waals surface area contributed by atoms with E-state index in [1.807, 2.05) is 6.92 Å². The molecule has 0 aliphatic heterocycles. The van der Waals surface area contributed by atoms with Crippen LogP contribution in [-0.4, -0.2) is 12.1 Å². The highest BCUT2D eigenvalue weighted by Crippen LogP contribution is 2.18. The summed E-state index contributed by atoms with van der Waals surface area (Å²) >= 11 is 0. The predicted octanol–water partition coefficient (Wildman–Crippen LogP) is 8.78. The Hall–Kier alpha value is -0.790. The van der Waals surface area contributed by atoms with E-state index in [9.17, 15) is 4.79 Å². The zero-order chi connectivity index (χ0) is 21.0. The highest BCUT2D eigenvalue weighted by molar-refractivity contribution is 5.87. The monoisotopic (exact) mass is 394 g/mol. The molecule has 0 amide bonds. The lowest BCUT2D eigenvalue weighted by Gasteiger charge is -2.20. The number of hydrogen-bond donors (Lipinski definition) is 0. The third kappa shape index (κ3) is 17.3. The minimum absolute atomic E-state index is 0.0134. The molecule has 0 fully saturated rings. The summed E-state index contributed by atoms with van der Waals surface area (Å²) < 4.78 is 5.41. The fourth-order valence-corrected chi connectivity index (χ4v) is 3.63. The SMILES string of the molecule is C=C(C)C(=O)OC(C)C(C)CCCCCCCCCCCCCCCCCC.